The third-order valence-electron chi connectivity index (χ3n) is 5.49. The summed E-state index contributed by atoms with van der Waals surface area (Å²) in [5, 5.41) is 0. The predicted octanol–water partition coefficient (Wildman–Crippen LogP) is 2.87. The Kier molecular flexibility index (Phi) is 4.44. The lowest BCUT2D eigenvalue weighted by Crippen LogP contribution is -2.47. The second kappa shape index (κ2) is 6.76. The summed E-state index contributed by atoms with van der Waals surface area (Å²) < 4.78 is 17.4. The molecule has 6 nitrogen and oxygen atoms in total. The molecule has 2 aromatic rings. The fourth-order valence-electron chi connectivity index (χ4n) is 4.06. The molecular weight excluding hydrogens is 330 g/mol. The van der Waals surface area contributed by atoms with Crippen molar-refractivity contribution in [1.29, 1.82) is 0 Å². The van der Waals surface area contributed by atoms with Crippen molar-refractivity contribution in [2.24, 2.45) is 0 Å². The summed E-state index contributed by atoms with van der Waals surface area (Å²) >= 11 is 0. The number of piperidine rings is 1. The molecule has 6 heteroatoms. The average Bonchev–Trinajstić information content (AvgIpc) is 2.68. The smallest absolute Gasteiger partial charge is 0.225 e. The summed E-state index contributed by atoms with van der Waals surface area (Å²) in [6.07, 6.45) is 4.55. The maximum Gasteiger partial charge on any atom is 0.225 e. The van der Waals surface area contributed by atoms with Gasteiger partial charge in [-0.05, 0) is 55.5 Å². The molecule has 0 radical (unpaired) electrons. The van der Waals surface area contributed by atoms with E-state index in [9.17, 15) is 0 Å². The van der Waals surface area contributed by atoms with Gasteiger partial charge >= 0.3 is 0 Å². The first-order valence-electron chi connectivity index (χ1n) is 9.09. The molecule has 1 spiro atoms. The number of ether oxygens (including phenoxy) is 3. The molecule has 2 aliphatic heterocycles. The highest BCUT2D eigenvalue weighted by molar-refractivity contribution is 5.51. The van der Waals surface area contributed by atoms with Crippen molar-refractivity contribution in [3.05, 3.63) is 41.2 Å². The van der Waals surface area contributed by atoms with E-state index >= 15 is 0 Å². The molecule has 2 aliphatic rings. The molecule has 0 unspecified atom stereocenters. The zero-order valence-corrected chi connectivity index (χ0v) is 15.6. The molecule has 0 N–H and O–H groups in total. The molecular formula is C20H25N3O3. The van der Waals surface area contributed by atoms with Gasteiger partial charge in [-0.2, -0.15) is 0 Å². The van der Waals surface area contributed by atoms with E-state index in [0.29, 0.717) is 0 Å². The fraction of sp³-hybridized carbons (Fsp3) is 0.500. The van der Waals surface area contributed by atoms with Gasteiger partial charge in [-0.15, -0.1) is 0 Å². The van der Waals surface area contributed by atoms with E-state index < -0.39 is 0 Å². The van der Waals surface area contributed by atoms with Crippen LogP contribution in [0.3, 0.4) is 0 Å². The first kappa shape index (κ1) is 17.1. The van der Waals surface area contributed by atoms with Gasteiger partial charge in [-0.1, -0.05) is 0 Å². The van der Waals surface area contributed by atoms with Crippen LogP contribution in [-0.4, -0.2) is 43.9 Å². The molecule has 0 saturated carbocycles. The lowest BCUT2D eigenvalue weighted by atomic mass is 9.79. The minimum atomic E-state index is -0.256. The molecule has 4 rings (SSSR count). The quantitative estimate of drug-likeness (QED) is 0.844. The number of fused-ring (bicyclic) bond motifs is 2. The zero-order valence-electron chi connectivity index (χ0n) is 15.6. The Morgan fingerprint density at radius 1 is 1.12 bits per heavy atom. The lowest BCUT2D eigenvalue weighted by Gasteiger charge is -2.45. The number of hydrogen-bond acceptors (Lipinski definition) is 6. The van der Waals surface area contributed by atoms with Gasteiger partial charge in [-0.25, -0.2) is 9.97 Å². The molecule has 0 aliphatic carbocycles. The summed E-state index contributed by atoms with van der Waals surface area (Å²) in [7, 11) is 3.36. The van der Waals surface area contributed by atoms with E-state index in [1.165, 1.54) is 11.1 Å². The largest absolute Gasteiger partial charge is 0.493 e. The van der Waals surface area contributed by atoms with Crippen molar-refractivity contribution >= 4 is 5.95 Å². The van der Waals surface area contributed by atoms with Crippen LogP contribution < -0.4 is 14.4 Å². The van der Waals surface area contributed by atoms with Gasteiger partial charge < -0.3 is 19.1 Å². The molecule has 1 fully saturated rings. The van der Waals surface area contributed by atoms with Crippen LogP contribution in [0.4, 0.5) is 5.95 Å². The number of methoxy groups -OCH3 is 2. The Balaban J connectivity index is 1.62. The fourth-order valence-corrected chi connectivity index (χ4v) is 4.06. The summed E-state index contributed by atoms with van der Waals surface area (Å²) in [5.41, 5.74) is 3.28. The lowest BCUT2D eigenvalue weighted by molar-refractivity contribution is -0.0769. The zero-order chi connectivity index (χ0) is 18.1. The van der Waals surface area contributed by atoms with Crippen LogP contribution in [0.15, 0.2) is 24.4 Å². The van der Waals surface area contributed by atoms with Crippen molar-refractivity contribution in [2.45, 2.75) is 31.8 Å². The first-order valence-corrected chi connectivity index (χ1v) is 9.09. The molecule has 3 heterocycles. The minimum absolute atomic E-state index is 0.256. The molecule has 1 aromatic carbocycles. The van der Waals surface area contributed by atoms with E-state index in [4.69, 9.17) is 14.2 Å². The van der Waals surface area contributed by atoms with Crippen molar-refractivity contribution in [2.75, 3.05) is 38.8 Å². The second-order valence-electron chi connectivity index (χ2n) is 6.94. The normalized spacial score (nSPS) is 18.5. The maximum absolute atomic E-state index is 6.35. The summed E-state index contributed by atoms with van der Waals surface area (Å²) in [6.45, 7) is 4.48. The monoisotopic (exact) mass is 355 g/mol. The van der Waals surface area contributed by atoms with E-state index in [0.717, 1.165) is 62.1 Å². The van der Waals surface area contributed by atoms with E-state index in [-0.39, 0.29) is 5.60 Å². The van der Waals surface area contributed by atoms with Crippen molar-refractivity contribution in [1.82, 2.24) is 9.97 Å². The highest BCUT2D eigenvalue weighted by Crippen LogP contribution is 2.45. The molecule has 26 heavy (non-hydrogen) atoms. The second-order valence-corrected chi connectivity index (χ2v) is 6.94. The summed E-state index contributed by atoms with van der Waals surface area (Å²) in [6, 6.07) is 6.13. The van der Waals surface area contributed by atoms with Gasteiger partial charge in [0.05, 0.1) is 26.4 Å². The van der Waals surface area contributed by atoms with Crippen LogP contribution in [0, 0.1) is 6.92 Å². The van der Waals surface area contributed by atoms with Gasteiger partial charge in [0, 0.05) is 25.0 Å². The van der Waals surface area contributed by atoms with Gasteiger partial charge in [-0.3, -0.25) is 0 Å². The van der Waals surface area contributed by atoms with Crippen molar-refractivity contribution < 1.29 is 14.2 Å². The molecule has 1 saturated heterocycles. The van der Waals surface area contributed by atoms with Crippen LogP contribution in [0.25, 0.3) is 0 Å². The van der Waals surface area contributed by atoms with E-state index in [1.807, 2.05) is 19.2 Å². The Bertz CT molecular complexity index is 801. The Morgan fingerprint density at radius 2 is 1.85 bits per heavy atom. The van der Waals surface area contributed by atoms with Crippen LogP contribution in [0.2, 0.25) is 0 Å². The minimum Gasteiger partial charge on any atom is -0.493 e. The first-order chi connectivity index (χ1) is 12.6. The van der Waals surface area contributed by atoms with E-state index in [2.05, 4.69) is 27.0 Å². The maximum atomic E-state index is 6.35. The topological polar surface area (TPSA) is 56.7 Å². The standard InChI is InChI=1S/C20H25N3O3/c1-14-4-8-21-19(22-14)23-9-6-20(7-10-23)16-13-18(25-3)17(24-2)12-15(16)5-11-26-20/h4,8,12-13H,5-7,9-11H2,1-3H3. The SMILES string of the molecule is COc1cc2c(cc1OC)C1(CCN(c3nccc(C)n3)CC1)OCC2. The third kappa shape index (κ3) is 2.88. The predicted molar refractivity (Wildman–Crippen MR) is 99.1 cm³/mol. The van der Waals surface area contributed by atoms with Gasteiger partial charge in [0.15, 0.2) is 11.5 Å². The Morgan fingerprint density at radius 3 is 2.54 bits per heavy atom. The van der Waals surface area contributed by atoms with Crippen LogP contribution in [0.1, 0.15) is 29.7 Å². The molecule has 138 valence electrons. The van der Waals surface area contributed by atoms with Crippen LogP contribution in [0.5, 0.6) is 11.5 Å². The number of aromatic nitrogens is 2. The number of hydrogen-bond donors (Lipinski definition) is 0. The van der Waals surface area contributed by atoms with Gasteiger partial charge in [0.1, 0.15) is 0 Å². The summed E-state index contributed by atoms with van der Waals surface area (Å²) in [5.74, 6) is 2.36. The number of rotatable bonds is 3. The highest BCUT2D eigenvalue weighted by Gasteiger charge is 2.42. The molecule has 0 atom stereocenters. The van der Waals surface area contributed by atoms with Crippen LogP contribution >= 0.6 is 0 Å². The Hall–Kier alpha value is -2.34. The number of anilines is 1. The Labute approximate surface area is 154 Å². The number of nitrogens with zero attached hydrogens (tertiary/aromatic N) is 3. The third-order valence-corrected chi connectivity index (χ3v) is 5.49. The van der Waals surface area contributed by atoms with Crippen LogP contribution in [-0.2, 0) is 16.8 Å². The number of aryl methyl sites for hydroxylation is 1. The van der Waals surface area contributed by atoms with Gasteiger partial charge in [0.25, 0.3) is 0 Å². The highest BCUT2D eigenvalue weighted by atomic mass is 16.5. The molecule has 0 amide bonds. The summed E-state index contributed by atoms with van der Waals surface area (Å²) in [4.78, 5) is 11.2. The van der Waals surface area contributed by atoms with Crippen molar-refractivity contribution in [3.8, 4) is 11.5 Å². The van der Waals surface area contributed by atoms with E-state index in [1.54, 1.807) is 14.2 Å². The van der Waals surface area contributed by atoms with Crippen molar-refractivity contribution in [3.63, 3.8) is 0 Å². The molecule has 1 aromatic heterocycles. The molecule has 0 bridgehead atoms. The number of benzene rings is 1. The van der Waals surface area contributed by atoms with Gasteiger partial charge in [0.2, 0.25) is 5.95 Å². The average molecular weight is 355 g/mol.